The average molecular weight is 493 g/mol. The average Bonchev–Trinajstić information content (AvgIpc) is 3.37. The monoisotopic (exact) mass is 492 g/mol. The molecule has 0 aromatic heterocycles. The molecule has 1 N–H and O–H groups in total. The van der Waals surface area contributed by atoms with Gasteiger partial charge in [-0.2, -0.15) is 0 Å². The number of amides is 2. The Kier molecular flexibility index (Phi) is 7.73. The number of ether oxygens (including phenoxy) is 3. The summed E-state index contributed by atoms with van der Waals surface area (Å²) in [6.07, 6.45) is 0. The minimum atomic E-state index is -0.527. The molecular weight excluding hydrogens is 463 g/mol. The van der Waals surface area contributed by atoms with Crippen LogP contribution < -0.4 is 19.5 Å². The van der Waals surface area contributed by atoms with Crippen molar-refractivity contribution in [2.24, 2.45) is 5.92 Å². The van der Waals surface area contributed by atoms with Crippen molar-refractivity contribution in [3.63, 3.8) is 0 Å². The van der Waals surface area contributed by atoms with Gasteiger partial charge in [-0.15, -0.1) is 0 Å². The third kappa shape index (κ3) is 5.43. The molecule has 0 spiro atoms. The van der Waals surface area contributed by atoms with E-state index in [1.807, 2.05) is 6.07 Å². The van der Waals surface area contributed by atoms with E-state index in [-0.39, 0.29) is 36.6 Å². The molecule has 0 saturated carbocycles. The molecule has 0 aliphatic carbocycles. The van der Waals surface area contributed by atoms with E-state index < -0.39 is 5.92 Å². The fourth-order valence-corrected chi connectivity index (χ4v) is 4.54. The van der Waals surface area contributed by atoms with Crippen molar-refractivity contribution >= 4 is 11.8 Å². The molecule has 36 heavy (non-hydrogen) atoms. The van der Waals surface area contributed by atoms with Crippen LogP contribution in [0.25, 0.3) is 0 Å². The van der Waals surface area contributed by atoms with Crippen LogP contribution in [0.15, 0.2) is 66.7 Å². The second-order valence-electron chi connectivity index (χ2n) is 8.61. The molecule has 1 saturated heterocycles. The summed E-state index contributed by atoms with van der Waals surface area (Å²) in [5.41, 5.74) is 2.06. The van der Waals surface area contributed by atoms with Gasteiger partial charge in [0, 0.05) is 36.7 Å². The zero-order valence-electron chi connectivity index (χ0n) is 20.5. The first-order valence-corrected chi connectivity index (χ1v) is 11.6. The van der Waals surface area contributed by atoms with Gasteiger partial charge in [-0.25, -0.2) is 4.39 Å². The number of nitrogens with one attached hydrogen (secondary N) is 1. The van der Waals surface area contributed by atoms with Crippen molar-refractivity contribution in [3.8, 4) is 17.2 Å². The van der Waals surface area contributed by atoms with Gasteiger partial charge in [-0.3, -0.25) is 9.59 Å². The van der Waals surface area contributed by atoms with E-state index in [0.29, 0.717) is 29.4 Å². The highest BCUT2D eigenvalue weighted by atomic mass is 19.1. The summed E-state index contributed by atoms with van der Waals surface area (Å²) in [6, 6.07) is 18.4. The second-order valence-corrected chi connectivity index (χ2v) is 8.61. The smallest absolute Gasteiger partial charge is 0.254 e. The number of benzene rings is 3. The van der Waals surface area contributed by atoms with Crippen molar-refractivity contribution < 1.29 is 28.2 Å². The van der Waals surface area contributed by atoms with Crippen molar-refractivity contribution in [2.45, 2.75) is 12.5 Å². The summed E-state index contributed by atoms with van der Waals surface area (Å²) < 4.78 is 29.5. The minimum Gasteiger partial charge on any atom is -0.497 e. The lowest BCUT2D eigenvalue weighted by Gasteiger charge is -2.21. The lowest BCUT2D eigenvalue weighted by molar-refractivity contribution is -0.125. The summed E-state index contributed by atoms with van der Waals surface area (Å²) in [7, 11) is 4.70. The van der Waals surface area contributed by atoms with E-state index in [1.165, 1.54) is 12.1 Å². The first kappa shape index (κ1) is 25.0. The number of likely N-dealkylation sites (tertiary alicyclic amines) is 1. The number of nitrogens with zero attached hydrogens (tertiary/aromatic N) is 1. The largest absolute Gasteiger partial charge is 0.497 e. The Bertz CT molecular complexity index is 1230. The molecule has 4 rings (SSSR count). The van der Waals surface area contributed by atoms with E-state index in [2.05, 4.69) is 5.32 Å². The maximum absolute atomic E-state index is 13.4. The van der Waals surface area contributed by atoms with E-state index >= 15 is 0 Å². The van der Waals surface area contributed by atoms with Crippen LogP contribution in [0.1, 0.15) is 27.4 Å². The fourth-order valence-electron chi connectivity index (χ4n) is 4.54. The normalized spacial score (nSPS) is 16.9. The lowest BCUT2D eigenvalue weighted by atomic mass is 9.87. The molecule has 2 amide bonds. The summed E-state index contributed by atoms with van der Waals surface area (Å²) in [5, 5.41) is 2.95. The van der Waals surface area contributed by atoms with Crippen LogP contribution >= 0.6 is 0 Å². The summed E-state index contributed by atoms with van der Waals surface area (Å²) in [6.45, 7) is 0.811. The van der Waals surface area contributed by atoms with Crippen molar-refractivity contribution in [3.05, 3.63) is 89.2 Å². The van der Waals surface area contributed by atoms with Gasteiger partial charge in [0.05, 0.1) is 27.2 Å². The zero-order chi connectivity index (χ0) is 25.7. The Labute approximate surface area is 209 Å². The minimum absolute atomic E-state index is 0.186. The van der Waals surface area contributed by atoms with Crippen LogP contribution in [-0.4, -0.2) is 51.1 Å². The quantitative estimate of drug-likeness (QED) is 0.514. The number of hydrogen-bond acceptors (Lipinski definition) is 5. The number of halogens is 1. The van der Waals surface area contributed by atoms with Crippen LogP contribution in [0.4, 0.5) is 4.39 Å². The number of carbonyl (C=O) groups excluding carboxylic acids is 2. The third-order valence-corrected chi connectivity index (χ3v) is 6.48. The second kappa shape index (κ2) is 11.1. The molecule has 1 aliphatic heterocycles. The van der Waals surface area contributed by atoms with Gasteiger partial charge in [0.1, 0.15) is 23.1 Å². The van der Waals surface area contributed by atoms with Gasteiger partial charge in [-0.1, -0.05) is 18.2 Å². The number of hydrogen-bond donors (Lipinski definition) is 1. The molecule has 7 nitrogen and oxygen atoms in total. The summed E-state index contributed by atoms with van der Waals surface area (Å²) in [4.78, 5) is 28.5. The Balaban J connectivity index is 1.62. The van der Waals surface area contributed by atoms with Crippen molar-refractivity contribution in [1.82, 2.24) is 10.2 Å². The highest BCUT2D eigenvalue weighted by Crippen LogP contribution is 2.40. The predicted octanol–water partition coefficient (Wildman–Crippen LogP) is 4.02. The molecule has 3 aromatic rings. The fraction of sp³-hybridized carbons (Fsp3) is 0.286. The van der Waals surface area contributed by atoms with Crippen LogP contribution in [0.2, 0.25) is 0 Å². The number of carbonyl (C=O) groups is 2. The third-order valence-electron chi connectivity index (χ3n) is 6.48. The molecule has 0 radical (unpaired) electrons. The van der Waals surface area contributed by atoms with Gasteiger partial charge < -0.3 is 24.4 Å². The molecule has 3 aromatic carbocycles. The highest BCUT2D eigenvalue weighted by molar-refractivity contribution is 5.95. The van der Waals surface area contributed by atoms with E-state index in [9.17, 15) is 14.0 Å². The van der Waals surface area contributed by atoms with E-state index in [1.54, 1.807) is 74.8 Å². The Morgan fingerprint density at radius 2 is 1.64 bits per heavy atom. The molecule has 8 heteroatoms. The molecule has 1 fully saturated rings. The Morgan fingerprint density at radius 3 is 2.33 bits per heavy atom. The highest BCUT2D eigenvalue weighted by Gasteiger charge is 2.42. The summed E-state index contributed by atoms with van der Waals surface area (Å²) in [5.74, 6) is 0.266. The topological polar surface area (TPSA) is 77.1 Å². The van der Waals surface area contributed by atoms with Gasteiger partial charge in [0.2, 0.25) is 5.91 Å². The van der Waals surface area contributed by atoms with Crippen molar-refractivity contribution in [2.75, 3.05) is 34.4 Å². The maximum atomic E-state index is 13.4. The Morgan fingerprint density at radius 1 is 0.917 bits per heavy atom. The number of methoxy groups -OCH3 is 3. The van der Waals surface area contributed by atoms with Gasteiger partial charge in [0.15, 0.2) is 0 Å². The lowest BCUT2D eigenvalue weighted by Crippen LogP contribution is -2.35. The van der Waals surface area contributed by atoms with Crippen LogP contribution in [0, 0.1) is 11.7 Å². The van der Waals surface area contributed by atoms with Crippen LogP contribution in [0.5, 0.6) is 17.2 Å². The standard InChI is InChI=1S/C28H29FN2O5/c1-34-21-6-4-5-19(13-21)28(33)31-16-24(23-14-22(35-2)11-12-26(23)36-3)25(17-31)27(32)30-15-18-7-9-20(29)10-8-18/h4-14,24-25H,15-17H2,1-3H3,(H,30,32)/t24-,25-/m0/s1. The van der Waals surface area contributed by atoms with Crippen molar-refractivity contribution in [1.29, 1.82) is 0 Å². The SMILES string of the molecule is COc1cccc(C(=O)N2C[C@H](C(=O)NCc3ccc(F)cc3)[C@H](c3cc(OC)ccc3OC)C2)c1. The summed E-state index contributed by atoms with van der Waals surface area (Å²) >= 11 is 0. The number of rotatable bonds is 8. The van der Waals surface area contributed by atoms with Gasteiger partial charge in [0.25, 0.3) is 5.91 Å². The van der Waals surface area contributed by atoms with Crippen LogP contribution in [-0.2, 0) is 11.3 Å². The molecular formula is C28H29FN2O5. The molecule has 1 aliphatic rings. The first-order chi connectivity index (χ1) is 17.4. The maximum Gasteiger partial charge on any atom is 0.254 e. The molecule has 188 valence electrons. The molecule has 2 atom stereocenters. The van der Waals surface area contributed by atoms with Gasteiger partial charge in [-0.05, 0) is 54.1 Å². The molecule has 1 heterocycles. The van der Waals surface area contributed by atoms with Crippen LogP contribution in [0.3, 0.4) is 0 Å². The predicted molar refractivity (Wildman–Crippen MR) is 133 cm³/mol. The molecule has 0 unspecified atom stereocenters. The van der Waals surface area contributed by atoms with E-state index in [4.69, 9.17) is 14.2 Å². The van der Waals surface area contributed by atoms with Gasteiger partial charge >= 0.3 is 0 Å². The zero-order valence-corrected chi connectivity index (χ0v) is 20.5. The first-order valence-electron chi connectivity index (χ1n) is 11.6. The Hall–Kier alpha value is -4.07. The molecule has 0 bridgehead atoms. The van der Waals surface area contributed by atoms with E-state index in [0.717, 1.165) is 11.1 Å².